The van der Waals surface area contributed by atoms with Gasteiger partial charge in [-0.1, -0.05) is 6.42 Å². The van der Waals surface area contributed by atoms with Gasteiger partial charge >= 0.3 is 0 Å². The summed E-state index contributed by atoms with van der Waals surface area (Å²) in [5.41, 5.74) is 1.75. The molecule has 3 heterocycles. The number of methoxy groups -OCH3 is 1. The maximum Gasteiger partial charge on any atom is 0.263 e. The molecule has 3 rings (SSSR count). The molecule has 0 bridgehead atoms. The highest BCUT2D eigenvalue weighted by Gasteiger charge is 2.33. The van der Waals surface area contributed by atoms with Gasteiger partial charge in [0.2, 0.25) is 0 Å². The largest absolute Gasteiger partial charge is 0.385 e. The summed E-state index contributed by atoms with van der Waals surface area (Å²) in [5.74, 6) is 0.267. The van der Waals surface area contributed by atoms with Crippen molar-refractivity contribution in [3.63, 3.8) is 0 Å². The number of pyridine rings is 1. The number of nitrogens with one attached hydrogen (secondary N) is 1. The highest BCUT2D eigenvalue weighted by Crippen LogP contribution is 2.30. The molecule has 0 saturated carbocycles. The first kappa shape index (κ1) is 21.1. The third-order valence-corrected chi connectivity index (χ3v) is 6.42. The fourth-order valence-corrected chi connectivity index (χ4v) is 4.98. The zero-order valence-electron chi connectivity index (χ0n) is 17.6. The van der Waals surface area contributed by atoms with E-state index in [1.54, 1.807) is 11.7 Å². The minimum atomic E-state index is -0.226. The van der Waals surface area contributed by atoms with Crippen LogP contribution in [-0.2, 0) is 11.3 Å². The zero-order valence-corrected chi connectivity index (χ0v) is 17.6. The monoisotopic (exact) mass is 389 g/mol. The summed E-state index contributed by atoms with van der Waals surface area (Å²) < 4.78 is 6.79. The van der Waals surface area contributed by atoms with Crippen LogP contribution in [0.5, 0.6) is 0 Å². The predicted octanol–water partition coefficient (Wildman–Crippen LogP) is 2.50. The number of piperidine rings is 2. The lowest BCUT2D eigenvalue weighted by Crippen LogP contribution is -2.51. The fourth-order valence-electron chi connectivity index (χ4n) is 4.98. The van der Waals surface area contributed by atoms with Gasteiger partial charge in [-0.25, -0.2) is 0 Å². The Kier molecular flexibility index (Phi) is 7.30. The van der Waals surface area contributed by atoms with Gasteiger partial charge in [-0.3, -0.25) is 9.59 Å². The Morgan fingerprint density at radius 3 is 2.79 bits per heavy atom. The number of amides is 1. The maximum atomic E-state index is 13.0. The number of fused-ring (bicyclic) bond motifs is 1. The SMILES string of the molecule is COCCCn1c(C)cc(C)c(C(=O)NC[C@@H]2CCCN3CCCC[C@H]23)c1=O. The number of ether oxygens (including phenoxy) is 1. The van der Waals surface area contributed by atoms with Crippen molar-refractivity contribution < 1.29 is 9.53 Å². The molecule has 0 spiro atoms. The van der Waals surface area contributed by atoms with Crippen LogP contribution >= 0.6 is 0 Å². The molecule has 0 aromatic carbocycles. The van der Waals surface area contributed by atoms with E-state index in [-0.39, 0.29) is 11.5 Å². The van der Waals surface area contributed by atoms with Crippen LogP contribution in [0.3, 0.4) is 0 Å². The Bertz CT molecular complexity index is 741. The quantitative estimate of drug-likeness (QED) is 0.728. The molecule has 156 valence electrons. The molecule has 1 amide bonds. The summed E-state index contributed by atoms with van der Waals surface area (Å²) in [7, 11) is 1.66. The summed E-state index contributed by atoms with van der Waals surface area (Å²) >= 11 is 0. The number of carbonyl (C=O) groups excluding carboxylic acids is 1. The smallest absolute Gasteiger partial charge is 0.263 e. The van der Waals surface area contributed by atoms with Crippen LogP contribution in [-0.4, -0.2) is 54.8 Å². The minimum absolute atomic E-state index is 0.186. The van der Waals surface area contributed by atoms with Crippen molar-refractivity contribution in [2.45, 2.75) is 65.0 Å². The predicted molar refractivity (Wildman–Crippen MR) is 111 cm³/mol. The average molecular weight is 390 g/mol. The number of nitrogens with zero attached hydrogens (tertiary/aromatic N) is 2. The lowest BCUT2D eigenvalue weighted by atomic mass is 9.83. The lowest BCUT2D eigenvalue weighted by molar-refractivity contribution is 0.0575. The molecule has 2 aliphatic rings. The summed E-state index contributed by atoms with van der Waals surface area (Å²) in [6.45, 7) is 7.99. The van der Waals surface area contributed by atoms with Gasteiger partial charge in [0.1, 0.15) is 5.56 Å². The van der Waals surface area contributed by atoms with Gasteiger partial charge in [0.25, 0.3) is 11.5 Å². The number of aromatic nitrogens is 1. The van der Waals surface area contributed by atoms with Crippen LogP contribution in [0.1, 0.15) is 60.1 Å². The topological polar surface area (TPSA) is 63.6 Å². The highest BCUT2D eigenvalue weighted by molar-refractivity contribution is 5.95. The van der Waals surface area contributed by atoms with Gasteiger partial charge in [-0.15, -0.1) is 0 Å². The van der Waals surface area contributed by atoms with E-state index in [1.165, 1.54) is 38.8 Å². The fraction of sp³-hybridized carbons (Fsp3) is 0.727. The van der Waals surface area contributed by atoms with Crippen molar-refractivity contribution in [2.24, 2.45) is 5.92 Å². The first-order valence-electron chi connectivity index (χ1n) is 10.7. The van der Waals surface area contributed by atoms with Gasteiger partial charge in [0.15, 0.2) is 0 Å². The molecule has 2 aliphatic heterocycles. The van der Waals surface area contributed by atoms with Gasteiger partial charge in [-0.2, -0.15) is 0 Å². The highest BCUT2D eigenvalue weighted by atomic mass is 16.5. The second-order valence-corrected chi connectivity index (χ2v) is 8.36. The molecule has 6 nitrogen and oxygen atoms in total. The van der Waals surface area contributed by atoms with Crippen molar-refractivity contribution in [1.82, 2.24) is 14.8 Å². The molecule has 28 heavy (non-hydrogen) atoms. The van der Waals surface area contributed by atoms with Crippen LogP contribution in [0.4, 0.5) is 0 Å². The van der Waals surface area contributed by atoms with E-state index in [2.05, 4.69) is 10.2 Å². The van der Waals surface area contributed by atoms with Gasteiger partial charge in [-0.05, 0) is 76.6 Å². The lowest BCUT2D eigenvalue weighted by Gasteiger charge is -2.44. The third kappa shape index (κ3) is 4.66. The summed E-state index contributed by atoms with van der Waals surface area (Å²) in [6.07, 6.45) is 6.93. The number of carbonyl (C=O) groups is 1. The third-order valence-electron chi connectivity index (χ3n) is 6.42. The summed E-state index contributed by atoms with van der Waals surface area (Å²) in [5, 5.41) is 3.09. The van der Waals surface area contributed by atoms with Crippen molar-refractivity contribution in [3.05, 3.63) is 33.2 Å². The van der Waals surface area contributed by atoms with E-state index >= 15 is 0 Å². The molecule has 2 atom stereocenters. The van der Waals surface area contributed by atoms with E-state index in [4.69, 9.17) is 4.74 Å². The number of rotatable bonds is 7. The van der Waals surface area contributed by atoms with Crippen LogP contribution in [0, 0.1) is 19.8 Å². The van der Waals surface area contributed by atoms with E-state index in [0.717, 1.165) is 24.1 Å². The molecular formula is C22H35N3O3. The van der Waals surface area contributed by atoms with Gasteiger partial charge < -0.3 is 19.5 Å². The van der Waals surface area contributed by atoms with Crippen molar-refractivity contribution in [2.75, 3.05) is 33.4 Å². The molecular weight excluding hydrogens is 354 g/mol. The van der Waals surface area contributed by atoms with Crippen LogP contribution in [0.25, 0.3) is 0 Å². The Balaban J connectivity index is 1.69. The Hall–Kier alpha value is -1.66. The van der Waals surface area contributed by atoms with Crippen molar-refractivity contribution in [1.29, 1.82) is 0 Å². The van der Waals surface area contributed by atoms with Gasteiger partial charge in [0, 0.05) is 38.5 Å². The average Bonchev–Trinajstić information content (AvgIpc) is 2.68. The molecule has 1 N–H and O–H groups in total. The summed E-state index contributed by atoms with van der Waals surface area (Å²) in [4.78, 5) is 28.5. The molecule has 2 fully saturated rings. The van der Waals surface area contributed by atoms with E-state index in [9.17, 15) is 9.59 Å². The van der Waals surface area contributed by atoms with Gasteiger partial charge in [0.05, 0.1) is 0 Å². The Morgan fingerprint density at radius 1 is 1.21 bits per heavy atom. The van der Waals surface area contributed by atoms with E-state index in [1.807, 2.05) is 19.9 Å². The van der Waals surface area contributed by atoms with Crippen LogP contribution in [0.2, 0.25) is 0 Å². The van der Waals surface area contributed by atoms with E-state index < -0.39 is 0 Å². The van der Waals surface area contributed by atoms with E-state index in [0.29, 0.717) is 37.2 Å². The zero-order chi connectivity index (χ0) is 20.1. The van der Waals surface area contributed by atoms with Crippen molar-refractivity contribution in [3.8, 4) is 0 Å². The molecule has 2 saturated heterocycles. The normalized spacial score (nSPS) is 22.7. The molecule has 1 aromatic heterocycles. The Morgan fingerprint density at radius 2 is 2.00 bits per heavy atom. The number of aryl methyl sites for hydroxylation is 2. The molecule has 0 aliphatic carbocycles. The summed E-state index contributed by atoms with van der Waals surface area (Å²) in [6, 6.07) is 2.53. The number of hydrogen-bond donors (Lipinski definition) is 1. The second-order valence-electron chi connectivity index (χ2n) is 8.36. The van der Waals surface area contributed by atoms with Crippen LogP contribution < -0.4 is 10.9 Å². The van der Waals surface area contributed by atoms with Crippen LogP contribution in [0.15, 0.2) is 10.9 Å². The Labute approximate surface area is 168 Å². The molecule has 0 unspecified atom stereocenters. The first-order valence-corrected chi connectivity index (χ1v) is 10.7. The molecule has 0 radical (unpaired) electrons. The maximum absolute atomic E-state index is 13.0. The first-order chi connectivity index (χ1) is 13.5. The molecule has 6 heteroatoms. The minimum Gasteiger partial charge on any atom is -0.385 e. The van der Waals surface area contributed by atoms with Crippen molar-refractivity contribution >= 4 is 5.91 Å². The second kappa shape index (κ2) is 9.70. The molecule has 1 aromatic rings. The standard InChI is InChI=1S/C22H35N3O3/c1-16-14-17(2)25(12-7-13-28-3)22(27)20(16)21(26)23-15-18-8-6-11-24-10-5-4-9-19(18)24/h14,18-19H,4-13,15H2,1-3H3,(H,23,26)/t18-,19+/m0/s1. The number of hydrogen-bond acceptors (Lipinski definition) is 4.